The SMILES string of the molecule is O=C(c1cc2cc(F)ccc2s1)N1CCOCC1CO. The van der Waals surface area contributed by atoms with Gasteiger partial charge in [-0.25, -0.2) is 4.39 Å². The first-order chi connectivity index (χ1) is 9.69. The van der Waals surface area contributed by atoms with E-state index in [-0.39, 0.29) is 24.4 Å². The second-order valence-corrected chi connectivity index (χ2v) is 5.79. The molecule has 6 heteroatoms. The molecular weight excluding hydrogens is 281 g/mol. The van der Waals surface area contributed by atoms with Crippen molar-refractivity contribution in [3.8, 4) is 0 Å². The fourth-order valence-electron chi connectivity index (χ4n) is 2.33. The summed E-state index contributed by atoms with van der Waals surface area (Å²) in [5, 5.41) is 10.0. The molecule has 1 aliphatic rings. The van der Waals surface area contributed by atoms with Gasteiger partial charge in [0.15, 0.2) is 0 Å². The van der Waals surface area contributed by atoms with E-state index >= 15 is 0 Å². The lowest BCUT2D eigenvalue weighted by Gasteiger charge is -2.34. The van der Waals surface area contributed by atoms with Gasteiger partial charge in [0.05, 0.1) is 30.7 Å². The first kappa shape index (κ1) is 13.5. The summed E-state index contributed by atoms with van der Waals surface area (Å²) in [7, 11) is 0. The average Bonchev–Trinajstić information content (AvgIpc) is 2.89. The van der Waals surface area contributed by atoms with E-state index in [0.29, 0.717) is 24.6 Å². The van der Waals surface area contributed by atoms with E-state index in [2.05, 4.69) is 0 Å². The third-order valence-corrected chi connectivity index (χ3v) is 4.49. The second-order valence-electron chi connectivity index (χ2n) is 4.70. The van der Waals surface area contributed by atoms with Crippen LogP contribution in [0.3, 0.4) is 0 Å². The molecule has 0 saturated carbocycles. The van der Waals surface area contributed by atoms with E-state index in [1.165, 1.54) is 23.5 Å². The summed E-state index contributed by atoms with van der Waals surface area (Å²) in [5.74, 6) is -0.442. The molecule has 0 aliphatic carbocycles. The monoisotopic (exact) mass is 295 g/mol. The number of nitrogens with zero attached hydrogens (tertiary/aromatic N) is 1. The van der Waals surface area contributed by atoms with E-state index in [0.717, 1.165) is 10.1 Å². The van der Waals surface area contributed by atoms with Gasteiger partial charge in [0, 0.05) is 11.2 Å². The van der Waals surface area contributed by atoms with E-state index in [1.54, 1.807) is 17.0 Å². The Kier molecular flexibility index (Phi) is 3.69. The molecule has 1 amide bonds. The molecule has 4 nitrogen and oxygen atoms in total. The third-order valence-electron chi connectivity index (χ3n) is 3.39. The Balaban J connectivity index is 1.91. The van der Waals surface area contributed by atoms with Gasteiger partial charge in [-0.05, 0) is 29.7 Å². The zero-order valence-electron chi connectivity index (χ0n) is 10.7. The van der Waals surface area contributed by atoms with Gasteiger partial charge in [0.1, 0.15) is 5.82 Å². The standard InChI is InChI=1S/C14H14FNO3S/c15-10-1-2-12-9(5-10)6-13(20-12)14(18)16-3-4-19-8-11(16)7-17/h1-2,5-6,11,17H,3-4,7-8H2. The summed E-state index contributed by atoms with van der Waals surface area (Å²) >= 11 is 1.34. The van der Waals surface area contributed by atoms with Gasteiger partial charge in [-0.3, -0.25) is 4.79 Å². The number of benzene rings is 1. The van der Waals surface area contributed by atoms with Crippen molar-refractivity contribution in [2.75, 3.05) is 26.4 Å². The van der Waals surface area contributed by atoms with Crippen molar-refractivity contribution >= 4 is 27.3 Å². The van der Waals surface area contributed by atoms with Crippen LogP contribution in [-0.4, -0.2) is 48.3 Å². The Morgan fingerprint density at radius 3 is 3.15 bits per heavy atom. The van der Waals surface area contributed by atoms with Crippen LogP contribution in [0.4, 0.5) is 4.39 Å². The molecule has 0 radical (unpaired) electrons. The molecule has 1 aromatic heterocycles. The van der Waals surface area contributed by atoms with Crippen LogP contribution < -0.4 is 0 Å². The lowest BCUT2D eigenvalue weighted by atomic mass is 10.2. The number of fused-ring (bicyclic) bond motifs is 1. The van der Waals surface area contributed by atoms with Crippen molar-refractivity contribution in [1.29, 1.82) is 0 Å². The van der Waals surface area contributed by atoms with Gasteiger partial charge in [0.25, 0.3) is 5.91 Å². The van der Waals surface area contributed by atoms with Gasteiger partial charge >= 0.3 is 0 Å². The van der Waals surface area contributed by atoms with Gasteiger partial charge in [-0.1, -0.05) is 0 Å². The van der Waals surface area contributed by atoms with Crippen LogP contribution in [-0.2, 0) is 4.74 Å². The van der Waals surface area contributed by atoms with Crippen LogP contribution in [0.1, 0.15) is 9.67 Å². The number of amides is 1. The van der Waals surface area contributed by atoms with E-state index < -0.39 is 0 Å². The Labute approximate surface area is 119 Å². The molecule has 1 fully saturated rings. The van der Waals surface area contributed by atoms with Crippen LogP contribution in [0.15, 0.2) is 24.3 Å². The number of morpholine rings is 1. The highest BCUT2D eigenvalue weighted by Crippen LogP contribution is 2.28. The number of carbonyl (C=O) groups excluding carboxylic acids is 1. The molecule has 1 atom stereocenters. The zero-order valence-corrected chi connectivity index (χ0v) is 11.5. The van der Waals surface area contributed by atoms with Gasteiger partial charge in [0.2, 0.25) is 0 Å². The third kappa shape index (κ3) is 2.42. The van der Waals surface area contributed by atoms with Crippen molar-refractivity contribution < 1.29 is 19.0 Å². The smallest absolute Gasteiger partial charge is 0.264 e. The van der Waals surface area contributed by atoms with E-state index in [9.17, 15) is 14.3 Å². The molecule has 0 spiro atoms. The minimum absolute atomic E-state index is 0.120. The number of carbonyl (C=O) groups is 1. The molecule has 20 heavy (non-hydrogen) atoms. The quantitative estimate of drug-likeness (QED) is 0.920. The fourth-order valence-corrected chi connectivity index (χ4v) is 3.33. The number of aliphatic hydroxyl groups is 1. The number of aliphatic hydroxyl groups excluding tert-OH is 1. The Bertz CT molecular complexity index is 642. The summed E-state index contributed by atoms with van der Waals surface area (Å²) in [5.41, 5.74) is 0. The molecule has 1 aliphatic heterocycles. The summed E-state index contributed by atoms with van der Waals surface area (Å²) in [6.45, 7) is 1.17. The second kappa shape index (κ2) is 5.47. The summed E-state index contributed by atoms with van der Waals surface area (Å²) in [6.07, 6.45) is 0. The Hall–Kier alpha value is -1.50. The summed E-state index contributed by atoms with van der Waals surface area (Å²) < 4.78 is 19.3. The van der Waals surface area contributed by atoms with Crippen LogP contribution in [0.5, 0.6) is 0 Å². The lowest BCUT2D eigenvalue weighted by molar-refractivity contribution is -0.0181. The topological polar surface area (TPSA) is 49.8 Å². The first-order valence-corrected chi connectivity index (χ1v) is 7.19. The van der Waals surface area contributed by atoms with Crippen LogP contribution in [0.2, 0.25) is 0 Å². The predicted molar refractivity (Wildman–Crippen MR) is 74.5 cm³/mol. The summed E-state index contributed by atoms with van der Waals surface area (Å²) in [4.78, 5) is 14.7. The van der Waals surface area contributed by atoms with Crippen molar-refractivity contribution in [3.05, 3.63) is 35.0 Å². The van der Waals surface area contributed by atoms with E-state index in [1.807, 2.05) is 0 Å². The number of hydrogen-bond donors (Lipinski definition) is 1. The predicted octanol–water partition coefficient (Wildman–Crippen LogP) is 1.87. The van der Waals surface area contributed by atoms with Crippen molar-refractivity contribution in [1.82, 2.24) is 4.90 Å². The Morgan fingerprint density at radius 1 is 1.50 bits per heavy atom. The number of ether oxygens (including phenoxy) is 1. The van der Waals surface area contributed by atoms with Gasteiger partial charge in [-0.2, -0.15) is 0 Å². The van der Waals surface area contributed by atoms with Crippen LogP contribution in [0, 0.1) is 5.82 Å². The molecule has 2 aromatic rings. The molecule has 1 saturated heterocycles. The van der Waals surface area contributed by atoms with Gasteiger partial charge in [-0.15, -0.1) is 11.3 Å². The maximum absolute atomic E-state index is 13.2. The first-order valence-electron chi connectivity index (χ1n) is 6.37. The molecule has 1 unspecified atom stereocenters. The number of halogens is 1. The molecule has 1 N–H and O–H groups in total. The minimum Gasteiger partial charge on any atom is -0.394 e. The Morgan fingerprint density at radius 2 is 2.35 bits per heavy atom. The highest BCUT2D eigenvalue weighted by atomic mass is 32.1. The lowest BCUT2D eigenvalue weighted by Crippen LogP contribution is -2.50. The zero-order chi connectivity index (χ0) is 14.1. The normalized spacial score (nSPS) is 19.5. The molecule has 106 valence electrons. The van der Waals surface area contributed by atoms with Crippen LogP contribution >= 0.6 is 11.3 Å². The molecule has 3 rings (SSSR count). The highest BCUT2D eigenvalue weighted by Gasteiger charge is 2.28. The summed E-state index contributed by atoms with van der Waals surface area (Å²) in [6, 6.07) is 5.88. The number of thiophene rings is 1. The number of hydrogen-bond acceptors (Lipinski definition) is 4. The molecular formula is C14H14FNO3S. The minimum atomic E-state index is -0.311. The van der Waals surface area contributed by atoms with E-state index in [4.69, 9.17) is 4.74 Å². The average molecular weight is 295 g/mol. The fraction of sp³-hybridized carbons (Fsp3) is 0.357. The largest absolute Gasteiger partial charge is 0.394 e. The highest BCUT2D eigenvalue weighted by molar-refractivity contribution is 7.20. The van der Waals surface area contributed by atoms with Crippen LogP contribution in [0.25, 0.3) is 10.1 Å². The molecule has 0 bridgehead atoms. The van der Waals surface area contributed by atoms with Gasteiger partial charge < -0.3 is 14.7 Å². The maximum Gasteiger partial charge on any atom is 0.264 e. The molecule has 1 aromatic carbocycles. The van der Waals surface area contributed by atoms with Crippen molar-refractivity contribution in [2.45, 2.75) is 6.04 Å². The van der Waals surface area contributed by atoms with Crippen molar-refractivity contribution in [3.63, 3.8) is 0 Å². The molecule has 2 heterocycles. The number of rotatable bonds is 2. The maximum atomic E-state index is 13.2. The van der Waals surface area contributed by atoms with Crippen molar-refractivity contribution in [2.24, 2.45) is 0 Å².